The summed E-state index contributed by atoms with van der Waals surface area (Å²) in [6.07, 6.45) is 2.19. The van der Waals surface area contributed by atoms with Gasteiger partial charge in [0.2, 0.25) is 0 Å². The van der Waals surface area contributed by atoms with Crippen LogP contribution in [0, 0.1) is 5.41 Å². The predicted octanol–water partition coefficient (Wildman–Crippen LogP) is 1.58. The van der Waals surface area contributed by atoms with Crippen LogP contribution < -0.4 is 0 Å². The van der Waals surface area contributed by atoms with Crippen molar-refractivity contribution in [2.45, 2.75) is 27.2 Å². The Morgan fingerprint density at radius 3 is 2.54 bits per heavy atom. The number of aromatic nitrogens is 2. The molecule has 1 aromatic rings. The smallest absolute Gasteiger partial charge is 0.144 e. The van der Waals surface area contributed by atoms with Crippen LogP contribution in [0.3, 0.4) is 0 Å². The lowest BCUT2D eigenvalue weighted by Crippen LogP contribution is -2.23. The second kappa shape index (κ2) is 3.32. The summed E-state index contributed by atoms with van der Waals surface area (Å²) in [5.41, 5.74) is 0.713. The zero-order valence-corrected chi connectivity index (χ0v) is 8.66. The topological polar surface area (TPSA) is 34.9 Å². The van der Waals surface area contributed by atoms with Gasteiger partial charge in [-0.2, -0.15) is 5.10 Å². The first-order chi connectivity index (χ1) is 5.91. The first kappa shape index (κ1) is 9.96. The highest BCUT2D eigenvalue weighted by Gasteiger charge is 2.21. The SMILES string of the molecule is Cn1nccc1CC(=O)C(C)(C)C. The Hall–Kier alpha value is -1.12. The van der Waals surface area contributed by atoms with Crippen LogP contribution in [0.25, 0.3) is 0 Å². The van der Waals surface area contributed by atoms with Gasteiger partial charge in [0.25, 0.3) is 0 Å². The number of hydrogen-bond acceptors (Lipinski definition) is 2. The van der Waals surface area contributed by atoms with Crippen LogP contribution >= 0.6 is 0 Å². The lowest BCUT2D eigenvalue weighted by molar-refractivity contribution is -0.125. The van der Waals surface area contributed by atoms with Crippen molar-refractivity contribution >= 4 is 5.78 Å². The minimum atomic E-state index is -0.260. The number of nitrogens with zero attached hydrogens (tertiary/aromatic N) is 2. The van der Waals surface area contributed by atoms with Crippen molar-refractivity contribution in [1.82, 2.24) is 9.78 Å². The molecule has 0 unspecified atom stereocenters. The Morgan fingerprint density at radius 2 is 2.15 bits per heavy atom. The van der Waals surface area contributed by atoms with Crippen molar-refractivity contribution in [3.05, 3.63) is 18.0 Å². The van der Waals surface area contributed by atoms with E-state index in [4.69, 9.17) is 0 Å². The summed E-state index contributed by atoms with van der Waals surface area (Å²) in [6.45, 7) is 5.81. The number of carbonyl (C=O) groups excluding carboxylic acids is 1. The molecule has 0 bridgehead atoms. The minimum Gasteiger partial charge on any atom is -0.299 e. The number of aryl methyl sites for hydroxylation is 1. The third-order valence-corrected chi connectivity index (χ3v) is 2.10. The highest BCUT2D eigenvalue weighted by atomic mass is 16.1. The number of ketones is 1. The van der Waals surface area contributed by atoms with E-state index in [0.717, 1.165) is 5.69 Å². The van der Waals surface area contributed by atoms with Gasteiger partial charge in [-0.3, -0.25) is 9.48 Å². The molecule has 3 nitrogen and oxygen atoms in total. The minimum absolute atomic E-state index is 0.246. The van der Waals surface area contributed by atoms with E-state index in [1.807, 2.05) is 33.9 Å². The van der Waals surface area contributed by atoms with Crippen molar-refractivity contribution < 1.29 is 4.79 Å². The van der Waals surface area contributed by atoms with Gasteiger partial charge < -0.3 is 0 Å². The molecule has 0 atom stereocenters. The van der Waals surface area contributed by atoms with Gasteiger partial charge in [0.15, 0.2) is 0 Å². The summed E-state index contributed by atoms with van der Waals surface area (Å²) in [6, 6.07) is 1.88. The molecule has 0 saturated carbocycles. The van der Waals surface area contributed by atoms with Crippen LogP contribution in [0.1, 0.15) is 26.5 Å². The van der Waals surface area contributed by atoms with Crippen molar-refractivity contribution in [3.63, 3.8) is 0 Å². The van der Waals surface area contributed by atoms with Crippen LogP contribution in [0.2, 0.25) is 0 Å². The molecule has 72 valence electrons. The fourth-order valence-electron chi connectivity index (χ4n) is 1.00. The molecular weight excluding hydrogens is 164 g/mol. The van der Waals surface area contributed by atoms with Gasteiger partial charge in [-0.15, -0.1) is 0 Å². The lowest BCUT2D eigenvalue weighted by Gasteiger charge is -2.16. The molecule has 0 aliphatic carbocycles. The van der Waals surface area contributed by atoms with Crippen LogP contribution in [0.15, 0.2) is 12.3 Å². The fraction of sp³-hybridized carbons (Fsp3) is 0.600. The average Bonchev–Trinajstić information content (AvgIpc) is 2.34. The molecule has 0 amide bonds. The van der Waals surface area contributed by atoms with Crippen LogP contribution in [0.4, 0.5) is 0 Å². The van der Waals surface area contributed by atoms with Gasteiger partial charge >= 0.3 is 0 Å². The Labute approximate surface area is 78.8 Å². The molecule has 0 spiro atoms. The summed E-state index contributed by atoms with van der Waals surface area (Å²) in [5, 5.41) is 4.02. The van der Waals surface area contributed by atoms with Crippen LogP contribution in [-0.4, -0.2) is 15.6 Å². The molecule has 0 saturated heterocycles. The molecule has 0 aliphatic rings. The third-order valence-electron chi connectivity index (χ3n) is 2.10. The molecule has 3 heteroatoms. The molecule has 0 aromatic carbocycles. The van der Waals surface area contributed by atoms with Crippen molar-refractivity contribution in [1.29, 1.82) is 0 Å². The van der Waals surface area contributed by atoms with Crippen LogP contribution in [-0.2, 0) is 18.3 Å². The van der Waals surface area contributed by atoms with Gasteiger partial charge in [0.05, 0.1) is 0 Å². The van der Waals surface area contributed by atoms with Crippen molar-refractivity contribution in [2.75, 3.05) is 0 Å². The third kappa shape index (κ3) is 2.41. The molecule has 0 N–H and O–H groups in total. The second-order valence-electron chi connectivity index (χ2n) is 4.30. The Kier molecular flexibility index (Phi) is 2.55. The van der Waals surface area contributed by atoms with E-state index in [-0.39, 0.29) is 11.2 Å². The van der Waals surface area contributed by atoms with E-state index in [0.29, 0.717) is 6.42 Å². The van der Waals surface area contributed by atoms with Gasteiger partial charge in [-0.25, -0.2) is 0 Å². The number of hydrogen-bond donors (Lipinski definition) is 0. The maximum absolute atomic E-state index is 11.6. The number of carbonyl (C=O) groups is 1. The van der Waals surface area contributed by atoms with Gasteiger partial charge in [-0.05, 0) is 6.07 Å². The molecule has 13 heavy (non-hydrogen) atoms. The average molecular weight is 180 g/mol. The molecule has 1 aromatic heterocycles. The van der Waals surface area contributed by atoms with Gasteiger partial charge in [0, 0.05) is 30.8 Å². The molecule has 0 fully saturated rings. The summed E-state index contributed by atoms with van der Waals surface area (Å²) < 4.78 is 1.74. The first-order valence-corrected chi connectivity index (χ1v) is 4.41. The highest BCUT2D eigenvalue weighted by Crippen LogP contribution is 2.17. The standard InChI is InChI=1S/C10H16N2O/c1-10(2,3)9(13)7-8-5-6-11-12(8)4/h5-6H,7H2,1-4H3. The van der Waals surface area contributed by atoms with Crippen molar-refractivity contribution in [3.8, 4) is 0 Å². The second-order valence-corrected chi connectivity index (χ2v) is 4.30. The van der Waals surface area contributed by atoms with E-state index in [9.17, 15) is 4.79 Å². The van der Waals surface area contributed by atoms with Crippen LogP contribution in [0.5, 0.6) is 0 Å². The molecule has 1 heterocycles. The highest BCUT2D eigenvalue weighted by molar-refractivity contribution is 5.85. The van der Waals surface area contributed by atoms with E-state index in [2.05, 4.69) is 5.10 Å². The molecule has 0 radical (unpaired) electrons. The fourth-order valence-corrected chi connectivity index (χ4v) is 1.00. The maximum Gasteiger partial charge on any atom is 0.144 e. The zero-order chi connectivity index (χ0) is 10.1. The molecular formula is C10H16N2O. The summed E-state index contributed by atoms with van der Waals surface area (Å²) in [7, 11) is 1.85. The number of rotatable bonds is 2. The molecule has 0 aliphatic heterocycles. The lowest BCUT2D eigenvalue weighted by atomic mass is 9.88. The van der Waals surface area contributed by atoms with Gasteiger partial charge in [0.1, 0.15) is 5.78 Å². The van der Waals surface area contributed by atoms with E-state index in [1.54, 1.807) is 10.9 Å². The predicted molar refractivity (Wildman–Crippen MR) is 51.4 cm³/mol. The number of Topliss-reactive ketones (excluding diaryl/α,β-unsaturated/α-hetero) is 1. The Morgan fingerprint density at radius 1 is 1.54 bits per heavy atom. The van der Waals surface area contributed by atoms with E-state index >= 15 is 0 Å². The van der Waals surface area contributed by atoms with Gasteiger partial charge in [-0.1, -0.05) is 20.8 Å². The Balaban J connectivity index is 2.71. The monoisotopic (exact) mass is 180 g/mol. The van der Waals surface area contributed by atoms with Crippen molar-refractivity contribution in [2.24, 2.45) is 12.5 Å². The first-order valence-electron chi connectivity index (χ1n) is 4.41. The summed E-state index contributed by atoms with van der Waals surface area (Å²) >= 11 is 0. The molecule has 1 rings (SSSR count). The van der Waals surface area contributed by atoms with E-state index < -0.39 is 0 Å². The Bertz CT molecular complexity index is 307. The summed E-state index contributed by atoms with van der Waals surface area (Å²) in [4.78, 5) is 11.6. The zero-order valence-electron chi connectivity index (χ0n) is 8.66. The normalized spacial score (nSPS) is 11.7. The largest absolute Gasteiger partial charge is 0.299 e. The van der Waals surface area contributed by atoms with E-state index in [1.165, 1.54) is 0 Å². The summed E-state index contributed by atoms with van der Waals surface area (Å²) in [5.74, 6) is 0.246. The quantitative estimate of drug-likeness (QED) is 0.692. The maximum atomic E-state index is 11.6.